The molecule has 0 saturated heterocycles. The van der Waals surface area contributed by atoms with Crippen LogP contribution in [0.1, 0.15) is 101 Å². The van der Waals surface area contributed by atoms with Crippen LogP contribution in [0.5, 0.6) is 0 Å². The summed E-state index contributed by atoms with van der Waals surface area (Å²) < 4.78 is 16.3. The van der Waals surface area contributed by atoms with Crippen molar-refractivity contribution >= 4 is 41.6 Å². The van der Waals surface area contributed by atoms with E-state index in [9.17, 15) is 24.0 Å². The van der Waals surface area contributed by atoms with Crippen molar-refractivity contribution in [3.05, 3.63) is 167 Å². The zero-order chi connectivity index (χ0) is 47.3. The van der Waals surface area contributed by atoms with Gasteiger partial charge in [0.15, 0.2) is 0 Å². The quantitative estimate of drug-likeness (QED) is 0.0319. The monoisotopic (exact) mass is 911 g/mol. The van der Waals surface area contributed by atoms with E-state index in [1.165, 1.54) is 0 Å². The summed E-state index contributed by atoms with van der Waals surface area (Å²) in [6, 6.07) is 44.3. The van der Waals surface area contributed by atoms with Crippen LogP contribution in [0.15, 0.2) is 140 Å². The Balaban J connectivity index is 1.12. The van der Waals surface area contributed by atoms with Gasteiger partial charge in [-0.2, -0.15) is 0 Å². The van der Waals surface area contributed by atoms with E-state index in [1.54, 1.807) is 53.3 Å². The van der Waals surface area contributed by atoms with Crippen LogP contribution < -0.4 is 16.0 Å². The molecule has 12 heteroatoms. The Bertz CT molecular complexity index is 2290. The number of benzene rings is 5. The fraction of sp³-hybridized carbons (Fsp3) is 0.352. The summed E-state index contributed by atoms with van der Waals surface area (Å²) in [5, 5.41) is 8.41. The molecule has 0 heterocycles. The second-order valence-electron chi connectivity index (χ2n) is 18.3. The summed E-state index contributed by atoms with van der Waals surface area (Å²) in [5.74, 6) is -1.99. The fourth-order valence-electron chi connectivity index (χ4n) is 8.14. The molecule has 0 bridgehead atoms. The molecule has 0 fully saturated rings. The molecule has 0 saturated carbocycles. The number of nitrogens with one attached hydrogen (secondary N) is 3. The van der Waals surface area contributed by atoms with E-state index in [-0.39, 0.29) is 44.8 Å². The molecule has 66 heavy (non-hydrogen) atoms. The standard InChI is InChI=1S/C54H61N3O8S/c1-52(2,3)64-48(59)33-31-45(49(60)55-34-35-66-54(37-20-10-7-11-21-37,38-22-12-8-13-23-38)39-24-14-9-15-25-39)56-47(58)32-30-46(50(61)65-53(4,5)6)57-51(62)63-36-44-42-28-18-16-26-40(42)41-27-17-19-29-43(41)44/h7-29,44-46H,30-36H2,1-6H3,(H,55,60)(H,56,58)(H,57,62)/t45-,46-/m0/s1. The number of carbonyl (C=O) groups is 5. The van der Waals surface area contributed by atoms with Gasteiger partial charge in [-0.1, -0.05) is 140 Å². The SMILES string of the molecule is CC(C)(C)OC(=O)CC[C@H](NC(=O)CC[C@H](NC(=O)OCC1c2ccccc2-c2ccccc21)C(=O)OC(C)(C)C)C(=O)NCCSC(c1ccccc1)(c1ccccc1)c1ccccc1. The van der Waals surface area contributed by atoms with E-state index >= 15 is 0 Å². The number of esters is 2. The third-order valence-corrected chi connectivity index (χ3v) is 12.5. The number of rotatable bonds is 19. The zero-order valence-corrected chi connectivity index (χ0v) is 39.5. The highest BCUT2D eigenvalue weighted by molar-refractivity contribution is 8.00. The lowest BCUT2D eigenvalue weighted by molar-refractivity contribution is -0.158. The van der Waals surface area contributed by atoms with E-state index in [0.29, 0.717) is 5.75 Å². The van der Waals surface area contributed by atoms with E-state index in [1.807, 2.05) is 103 Å². The molecule has 2 atom stereocenters. The van der Waals surface area contributed by atoms with Crippen LogP contribution >= 0.6 is 11.8 Å². The molecule has 1 aliphatic carbocycles. The van der Waals surface area contributed by atoms with Crippen LogP contribution in [-0.2, 0) is 38.1 Å². The number of ether oxygens (including phenoxy) is 3. The largest absolute Gasteiger partial charge is 0.460 e. The van der Waals surface area contributed by atoms with Crippen molar-refractivity contribution < 1.29 is 38.2 Å². The van der Waals surface area contributed by atoms with Crippen LogP contribution in [0.25, 0.3) is 11.1 Å². The number of alkyl carbamates (subject to hydrolysis) is 1. The molecule has 0 aliphatic heterocycles. The Morgan fingerprint density at radius 1 is 0.576 bits per heavy atom. The molecule has 0 radical (unpaired) electrons. The molecule has 3 amide bonds. The summed E-state index contributed by atoms with van der Waals surface area (Å²) in [7, 11) is 0. The molecule has 0 spiro atoms. The van der Waals surface area contributed by atoms with Crippen LogP contribution in [-0.4, -0.2) is 72.0 Å². The van der Waals surface area contributed by atoms with Crippen molar-refractivity contribution in [3.8, 4) is 11.1 Å². The number of fused-ring (bicyclic) bond motifs is 3. The van der Waals surface area contributed by atoms with Gasteiger partial charge in [-0.05, 0) is 93.3 Å². The maximum Gasteiger partial charge on any atom is 0.407 e. The van der Waals surface area contributed by atoms with Crippen molar-refractivity contribution in [2.24, 2.45) is 0 Å². The molecule has 5 aromatic rings. The third-order valence-electron chi connectivity index (χ3n) is 11.0. The Hall–Kier alpha value is -6.40. The summed E-state index contributed by atoms with van der Waals surface area (Å²) in [4.78, 5) is 67.3. The number of hydrogen-bond acceptors (Lipinski definition) is 9. The molecule has 3 N–H and O–H groups in total. The smallest absolute Gasteiger partial charge is 0.407 e. The van der Waals surface area contributed by atoms with Gasteiger partial charge >= 0.3 is 18.0 Å². The van der Waals surface area contributed by atoms with Gasteiger partial charge in [0.1, 0.15) is 29.9 Å². The molecule has 0 unspecified atom stereocenters. The Morgan fingerprint density at radius 3 is 1.55 bits per heavy atom. The van der Waals surface area contributed by atoms with Gasteiger partial charge in [0, 0.05) is 31.1 Å². The minimum Gasteiger partial charge on any atom is -0.460 e. The summed E-state index contributed by atoms with van der Waals surface area (Å²) in [6.45, 7) is 10.7. The Labute approximate surface area is 392 Å². The second kappa shape index (κ2) is 22.2. The number of amides is 3. The zero-order valence-electron chi connectivity index (χ0n) is 38.6. The maximum atomic E-state index is 14.0. The average Bonchev–Trinajstić information content (AvgIpc) is 3.61. The van der Waals surface area contributed by atoms with Gasteiger partial charge in [-0.25, -0.2) is 9.59 Å². The Morgan fingerprint density at radius 2 is 1.05 bits per heavy atom. The van der Waals surface area contributed by atoms with Crippen molar-refractivity contribution in [2.45, 2.75) is 101 Å². The Kier molecular flexibility index (Phi) is 16.5. The van der Waals surface area contributed by atoms with Crippen LogP contribution in [0.2, 0.25) is 0 Å². The van der Waals surface area contributed by atoms with Crippen molar-refractivity contribution in [1.29, 1.82) is 0 Å². The number of carbonyl (C=O) groups excluding carboxylic acids is 5. The maximum absolute atomic E-state index is 14.0. The second-order valence-corrected chi connectivity index (χ2v) is 19.6. The molecule has 346 valence electrons. The lowest BCUT2D eigenvalue weighted by atomic mass is 9.84. The first-order valence-electron chi connectivity index (χ1n) is 22.5. The van der Waals surface area contributed by atoms with E-state index < -0.39 is 57.9 Å². The summed E-state index contributed by atoms with van der Waals surface area (Å²) in [6.07, 6.45) is -1.41. The summed E-state index contributed by atoms with van der Waals surface area (Å²) >= 11 is 1.68. The first-order chi connectivity index (χ1) is 31.5. The molecule has 1 aliphatic rings. The number of thioether (sulfide) groups is 1. The lowest BCUT2D eigenvalue weighted by Crippen LogP contribution is -2.49. The van der Waals surface area contributed by atoms with Gasteiger partial charge < -0.3 is 30.2 Å². The van der Waals surface area contributed by atoms with Gasteiger partial charge in [-0.3, -0.25) is 14.4 Å². The molecular weight excluding hydrogens is 851 g/mol. The number of hydrogen-bond donors (Lipinski definition) is 3. The highest BCUT2D eigenvalue weighted by Crippen LogP contribution is 2.48. The van der Waals surface area contributed by atoms with Crippen molar-refractivity contribution in [2.75, 3.05) is 18.9 Å². The molecular formula is C54H61N3O8S. The van der Waals surface area contributed by atoms with Crippen molar-refractivity contribution in [3.63, 3.8) is 0 Å². The van der Waals surface area contributed by atoms with E-state index in [2.05, 4.69) is 52.3 Å². The third kappa shape index (κ3) is 13.1. The van der Waals surface area contributed by atoms with Gasteiger partial charge in [0.05, 0.1) is 4.75 Å². The highest BCUT2D eigenvalue weighted by atomic mass is 32.2. The van der Waals surface area contributed by atoms with Gasteiger partial charge in [-0.15, -0.1) is 11.8 Å². The average molecular weight is 912 g/mol. The molecule has 5 aromatic carbocycles. The van der Waals surface area contributed by atoms with Crippen molar-refractivity contribution in [1.82, 2.24) is 16.0 Å². The minimum absolute atomic E-state index is 0.0279. The van der Waals surface area contributed by atoms with Gasteiger partial charge in [0.25, 0.3) is 0 Å². The fourth-order valence-corrected chi connectivity index (χ4v) is 9.56. The lowest BCUT2D eigenvalue weighted by Gasteiger charge is -2.35. The van der Waals surface area contributed by atoms with Crippen LogP contribution in [0.3, 0.4) is 0 Å². The van der Waals surface area contributed by atoms with Crippen LogP contribution in [0, 0.1) is 0 Å². The first kappa shape index (κ1) is 49.0. The van der Waals surface area contributed by atoms with Gasteiger partial charge in [0.2, 0.25) is 11.8 Å². The van der Waals surface area contributed by atoms with E-state index in [4.69, 9.17) is 14.2 Å². The minimum atomic E-state index is -1.24. The van der Waals surface area contributed by atoms with Crippen LogP contribution in [0.4, 0.5) is 4.79 Å². The van der Waals surface area contributed by atoms with E-state index in [0.717, 1.165) is 38.9 Å². The first-order valence-corrected chi connectivity index (χ1v) is 23.5. The molecule has 11 nitrogen and oxygen atoms in total. The molecule has 0 aromatic heterocycles. The predicted molar refractivity (Wildman–Crippen MR) is 259 cm³/mol. The topological polar surface area (TPSA) is 149 Å². The predicted octanol–water partition coefficient (Wildman–Crippen LogP) is 9.46. The summed E-state index contributed by atoms with van der Waals surface area (Å²) in [5.41, 5.74) is 5.85. The normalized spacial score (nSPS) is 13.3. The highest BCUT2D eigenvalue weighted by Gasteiger charge is 2.37. The molecule has 6 rings (SSSR count).